The average Bonchev–Trinajstić information content (AvgIpc) is 3.33. The van der Waals surface area contributed by atoms with E-state index >= 15 is 0 Å². The Morgan fingerprint density at radius 2 is 1.88 bits per heavy atom. The molecule has 0 unspecified atom stereocenters. The average molecular weight is 349 g/mol. The molecular weight excluding hydrogens is 330 g/mol. The summed E-state index contributed by atoms with van der Waals surface area (Å²) < 4.78 is 8.93. The Labute approximate surface area is 150 Å². The van der Waals surface area contributed by atoms with Gasteiger partial charge in [0.2, 0.25) is 5.82 Å². The second kappa shape index (κ2) is 6.14. The molecule has 0 amide bonds. The van der Waals surface area contributed by atoms with Crippen molar-refractivity contribution in [2.45, 2.75) is 26.8 Å². The van der Waals surface area contributed by atoms with E-state index in [2.05, 4.69) is 34.2 Å². The molecule has 0 aliphatic rings. The fourth-order valence-electron chi connectivity index (χ4n) is 2.67. The first-order valence-corrected chi connectivity index (χ1v) is 8.32. The maximum absolute atomic E-state index is 5.97. The quantitative estimate of drug-likeness (QED) is 0.607. The van der Waals surface area contributed by atoms with Crippen LogP contribution >= 0.6 is 0 Å². The Bertz CT molecular complexity index is 1040. The van der Waals surface area contributed by atoms with Crippen molar-refractivity contribution < 1.29 is 4.52 Å². The summed E-state index contributed by atoms with van der Waals surface area (Å²) in [5.74, 6) is 1.57. The molecule has 0 bridgehead atoms. The first-order valence-electron chi connectivity index (χ1n) is 8.32. The first-order chi connectivity index (χ1) is 12.5. The van der Waals surface area contributed by atoms with E-state index in [0.29, 0.717) is 17.5 Å². The van der Waals surface area contributed by atoms with Crippen LogP contribution in [0.2, 0.25) is 0 Å². The van der Waals surface area contributed by atoms with Crippen molar-refractivity contribution in [2.75, 3.05) is 5.73 Å². The highest BCUT2D eigenvalue weighted by Crippen LogP contribution is 2.24. The number of aryl methyl sites for hydroxylation is 1. The van der Waals surface area contributed by atoms with Crippen LogP contribution < -0.4 is 5.73 Å². The molecule has 0 saturated carbocycles. The van der Waals surface area contributed by atoms with Gasteiger partial charge in [0.1, 0.15) is 5.82 Å². The highest BCUT2D eigenvalue weighted by molar-refractivity contribution is 5.60. The molecule has 2 N–H and O–H groups in total. The smallest absolute Gasteiger partial charge is 0.261 e. The molecule has 3 heterocycles. The summed E-state index contributed by atoms with van der Waals surface area (Å²) in [6.45, 7) is 6.03. The third kappa shape index (κ3) is 2.85. The fourth-order valence-corrected chi connectivity index (χ4v) is 2.67. The number of hydrogen-bond acceptors (Lipinski definition) is 6. The van der Waals surface area contributed by atoms with Crippen LogP contribution in [0.1, 0.15) is 25.6 Å². The maximum Gasteiger partial charge on any atom is 0.261 e. The summed E-state index contributed by atoms with van der Waals surface area (Å²) in [5.41, 5.74) is 9.36. The Balaban J connectivity index is 1.60. The molecule has 0 saturated heterocycles. The molecular formula is C18H19N7O. The van der Waals surface area contributed by atoms with Gasteiger partial charge in [-0.15, -0.1) is 0 Å². The van der Waals surface area contributed by atoms with Crippen molar-refractivity contribution in [2.24, 2.45) is 0 Å². The summed E-state index contributed by atoms with van der Waals surface area (Å²) in [4.78, 5) is 4.47. The lowest BCUT2D eigenvalue weighted by Gasteiger charge is -2.04. The molecule has 0 radical (unpaired) electrons. The molecule has 1 aromatic carbocycles. The lowest BCUT2D eigenvalue weighted by molar-refractivity contribution is 0.432. The molecule has 4 rings (SSSR count). The van der Waals surface area contributed by atoms with Gasteiger partial charge in [-0.25, -0.2) is 4.68 Å². The van der Waals surface area contributed by atoms with Crippen LogP contribution in [-0.2, 0) is 0 Å². The molecule has 0 atom stereocenters. The number of nitrogens with zero attached hydrogens (tertiary/aromatic N) is 6. The van der Waals surface area contributed by atoms with E-state index in [-0.39, 0.29) is 6.04 Å². The Morgan fingerprint density at radius 1 is 1.12 bits per heavy atom. The van der Waals surface area contributed by atoms with Crippen molar-refractivity contribution in [3.05, 3.63) is 48.4 Å². The Kier molecular flexibility index (Phi) is 3.80. The van der Waals surface area contributed by atoms with Crippen LogP contribution in [0.4, 0.5) is 5.82 Å². The molecule has 0 aliphatic carbocycles. The number of rotatable bonds is 4. The summed E-state index contributed by atoms with van der Waals surface area (Å²) >= 11 is 0. The van der Waals surface area contributed by atoms with E-state index in [1.807, 2.05) is 48.1 Å². The zero-order valence-electron chi connectivity index (χ0n) is 14.8. The van der Waals surface area contributed by atoms with Gasteiger partial charge in [0.05, 0.1) is 23.1 Å². The SMILES string of the molecule is Cc1cc(N)n(-c2ccc(-c3noc(-c4cnn(C(C)C)c4)n3)cc2)n1. The lowest BCUT2D eigenvalue weighted by Crippen LogP contribution is -2.01. The van der Waals surface area contributed by atoms with Crippen LogP contribution in [0.15, 0.2) is 47.2 Å². The highest BCUT2D eigenvalue weighted by atomic mass is 16.5. The number of nitrogen functional groups attached to an aromatic ring is 1. The van der Waals surface area contributed by atoms with Gasteiger partial charge in [-0.3, -0.25) is 4.68 Å². The van der Waals surface area contributed by atoms with Gasteiger partial charge in [-0.2, -0.15) is 15.2 Å². The van der Waals surface area contributed by atoms with E-state index in [0.717, 1.165) is 22.5 Å². The standard InChI is InChI=1S/C18H19N7O/c1-11(2)24-10-14(9-20-24)18-21-17(23-26-18)13-4-6-15(7-5-13)25-16(19)8-12(3)22-25/h4-11H,19H2,1-3H3. The predicted molar refractivity (Wildman–Crippen MR) is 97.6 cm³/mol. The van der Waals surface area contributed by atoms with E-state index in [1.54, 1.807) is 10.9 Å². The van der Waals surface area contributed by atoms with Crippen molar-refractivity contribution in [1.29, 1.82) is 0 Å². The van der Waals surface area contributed by atoms with Crippen LogP contribution in [0.5, 0.6) is 0 Å². The molecule has 8 nitrogen and oxygen atoms in total. The van der Waals surface area contributed by atoms with Crippen molar-refractivity contribution in [3.63, 3.8) is 0 Å². The minimum atomic E-state index is 0.275. The van der Waals surface area contributed by atoms with Crippen LogP contribution in [0.3, 0.4) is 0 Å². The molecule has 3 aromatic heterocycles. The van der Waals surface area contributed by atoms with E-state index < -0.39 is 0 Å². The number of aromatic nitrogens is 6. The van der Waals surface area contributed by atoms with Gasteiger partial charge in [0, 0.05) is 23.9 Å². The van der Waals surface area contributed by atoms with E-state index in [9.17, 15) is 0 Å². The van der Waals surface area contributed by atoms with Crippen molar-refractivity contribution in [3.8, 4) is 28.5 Å². The molecule has 0 spiro atoms. The van der Waals surface area contributed by atoms with Crippen LogP contribution in [0, 0.1) is 6.92 Å². The molecule has 0 fully saturated rings. The van der Waals surface area contributed by atoms with Gasteiger partial charge >= 0.3 is 0 Å². The minimum absolute atomic E-state index is 0.275. The molecule has 26 heavy (non-hydrogen) atoms. The van der Waals surface area contributed by atoms with Crippen molar-refractivity contribution >= 4 is 5.82 Å². The zero-order valence-corrected chi connectivity index (χ0v) is 14.8. The summed E-state index contributed by atoms with van der Waals surface area (Å²) in [6, 6.07) is 9.78. The number of nitrogens with two attached hydrogens (primary N) is 1. The topological polar surface area (TPSA) is 101 Å². The number of anilines is 1. The normalized spacial score (nSPS) is 11.4. The van der Waals surface area contributed by atoms with Gasteiger partial charge in [-0.05, 0) is 45.0 Å². The third-order valence-corrected chi connectivity index (χ3v) is 4.03. The second-order valence-electron chi connectivity index (χ2n) is 6.40. The van der Waals surface area contributed by atoms with E-state index in [4.69, 9.17) is 10.3 Å². The van der Waals surface area contributed by atoms with E-state index in [1.165, 1.54) is 0 Å². The molecule has 8 heteroatoms. The molecule has 4 aromatic rings. The fraction of sp³-hybridized carbons (Fsp3) is 0.222. The Morgan fingerprint density at radius 3 is 2.50 bits per heavy atom. The van der Waals surface area contributed by atoms with Crippen LogP contribution in [0.25, 0.3) is 28.5 Å². The Hall–Kier alpha value is -3.42. The third-order valence-electron chi connectivity index (χ3n) is 4.03. The number of benzene rings is 1. The first kappa shape index (κ1) is 16.1. The summed E-state index contributed by atoms with van der Waals surface area (Å²) in [5, 5.41) is 12.7. The molecule has 0 aliphatic heterocycles. The zero-order chi connectivity index (χ0) is 18.3. The second-order valence-corrected chi connectivity index (χ2v) is 6.40. The molecule has 132 valence electrons. The van der Waals surface area contributed by atoms with Crippen molar-refractivity contribution in [1.82, 2.24) is 29.7 Å². The van der Waals surface area contributed by atoms with Gasteiger partial charge in [0.25, 0.3) is 5.89 Å². The summed E-state index contributed by atoms with van der Waals surface area (Å²) in [7, 11) is 0. The summed E-state index contributed by atoms with van der Waals surface area (Å²) in [6.07, 6.45) is 3.62. The van der Waals surface area contributed by atoms with Gasteiger partial charge < -0.3 is 10.3 Å². The minimum Gasteiger partial charge on any atom is -0.384 e. The monoisotopic (exact) mass is 349 g/mol. The van der Waals surface area contributed by atoms with Gasteiger partial charge in [0.15, 0.2) is 0 Å². The van der Waals surface area contributed by atoms with Gasteiger partial charge in [-0.1, -0.05) is 5.16 Å². The van der Waals surface area contributed by atoms with Crippen LogP contribution in [-0.4, -0.2) is 29.7 Å². The number of hydrogen-bond donors (Lipinski definition) is 1. The highest BCUT2D eigenvalue weighted by Gasteiger charge is 2.13. The predicted octanol–water partition coefficient (Wildman–Crippen LogP) is 3.26. The largest absolute Gasteiger partial charge is 0.384 e. The lowest BCUT2D eigenvalue weighted by atomic mass is 10.2. The maximum atomic E-state index is 5.97.